The maximum Gasteiger partial charge on any atom is 0.256 e. The highest BCUT2D eigenvalue weighted by Gasteiger charge is 2.23. The molecule has 1 aromatic carbocycles. The fourth-order valence-corrected chi connectivity index (χ4v) is 2.98. The molecule has 0 spiro atoms. The zero-order valence-electron chi connectivity index (χ0n) is 15.2. The molecule has 3 rings (SSSR count). The van der Waals surface area contributed by atoms with Crippen LogP contribution in [0.2, 0.25) is 5.02 Å². The average Bonchev–Trinajstić information content (AvgIpc) is 3.15. The maximum atomic E-state index is 12.6. The molecule has 28 heavy (non-hydrogen) atoms. The number of rotatable bonds is 7. The van der Waals surface area contributed by atoms with Gasteiger partial charge in [0.05, 0.1) is 29.1 Å². The molecule has 0 aliphatic carbocycles. The number of aryl methyl sites for hydroxylation is 2. The Labute approximate surface area is 165 Å². The molecule has 2 aromatic heterocycles. The van der Waals surface area contributed by atoms with Crippen molar-refractivity contribution in [2.75, 3.05) is 6.61 Å². The van der Waals surface area contributed by atoms with Gasteiger partial charge in [0.2, 0.25) is 5.91 Å². The summed E-state index contributed by atoms with van der Waals surface area (Å²) in [4.78, 5) is 23.9. The Morgan fingerprint density at radius 3 is 2.82 bits per heavy atom. The number of aliphatic hydroxyl groups is 1. The van der Waals surface area contributed by atoms with Crippen LogP contribution in [0.4, 0.5) is 0 Å². The zero-order valence-corrected chi connectivity index (χ0v) is 16.0. The van der Waals surface area contributed by atoms with E-state index in [2.05, 4.69) is 10.4 Å². The second-order valence-electron chi connectivity index (χ2n) is 6.15. The van der Waals surface area contributed by atoms with Gasteiger partial charge in [-0.1, -0.05) is 11.6 Å². The van der Waals surface area contributed by atoms with Gasteiger partial charge in [0, 0.05) is 12.4 Å². The third-order valence-electron chi connectivity index (χ3n) is 4.28. The molecule has 0 aliphatic rings. The molecular weight excluding hydrogens is 388 g/mol. The SMILES string of the molecule is Cc1oc2ccc(OCc3c(Cl)cnn3C)cc2c1C(=O)N[C@@H](CO)C(N)=O. The van der Waals surface area contributed by atoms with Gasteiger partial charge in [-0.05, 0) is 25.1 Å². The van der Waals surface area contributed by atoms with Crippen molar-refractivity contribution in [1.82, 2.24) is 15.1 Å². The molecular formula is C18H19ClN4O5. The fourth-order valence-electron chi connectivity index (χ4n) is 2.76. The number of ether oxygens (including phenoxy) is 1. The van der Waals surface area contributed by atoms with Crippen LogP contribution in [0.1, 0.15) is 21.8 Å². The van der Waals surface area contributed by atoms with Gasteiger partial charge in [-0.15, -0.1) is 0 Å². The van der Waals surface area contributed by atoms with Crippen LogP contribution < -0.4 is 15.8 Å². The van der Waals surface area contributed by atoms with Crippen molar-refractivity contribution in [3.05, 3.63) is 46.4 Å². The minimum atomic E-state index is -1.19. The zero-order chi connectivity index (χ0) is 20.4. The summed E-state index contributed by atoms with van der Waals surface area (Å²) in [6, 6.07) is 3.85. The lowest BCUT2D eigenvalue weighted by Gasteiger charge is -2.12. The largest absolute Gasteiger partial charge is 0.487 e. The van der Waals surface area contributed by atoms with Gasteiger partial charge < -0.3 is 25.3 Å². The molecule has 0 saturated heterocycles. The summed E-state index contributed by atoms with van der Waals surface area (Å²) in [5.41, 5.74) is 6.58. The molecule has 9 nitrogen and oxygen atoms in total. The second-order valence-corrected chi connectivity index (χ2v) is 6.56. The van der Waals surface area contributed by atoms with Crippen molar-refractivity contribution in [2.24, 2.45) is 12.8 Å². The minimum absolute atomic E-state index is 0.188. The van der Waals surface area contributed by atoms with Gasteiger partial charge in [0.15, 0.2) is 0 Å². The maximum absolute atomic E-state index is 12.6. The molecule has 0 fully saturated rings. The minimum Gasteiger partial charge on any atom is -0.487 e. The number of nitrogens with two attached hydrogens (primary N) is 1. The summed E-state index contributed by atoms with van der Waals surface area (Å²) in [6.07, 6.45) is 1.53. The van der Waals surface area contributed by atoms with Crippen molar-refractivity contribution in [3.63, 3.8) is 0 Å². The molecule has 2 heterocycles. The van der Waals surface area contributed by atoms with E-state index < -0.39 is 24.5 Å². The number of benzene rings is 1. The van der Waals surface area contributed by atoms with Crippen molar-refractivity contribution in [1.29, 1.82) is 0 Å². The van der Waals surface area contributed by atoms with E-state index in [-0.39, 0.29) is 12.2 Å². The summed E-state index contributed by atoms with van der Waals surface area (Å²) in [5.74, 6) is -0.562. The Hall–Kier alpha value is -3.04. The van der Waals surface area contributed by atoms with E-state index in [1.54, 1.807) is 36.9 Å². The van der Waals surface area contributed by atoms with Crippen molar-refractivity contribution < 1.29 is 23.8 Å². The summed E-state index contributed by atoms with van der Waals surface area (Å²) in [5, 5.41) is 16.6. The molecule has 10 heteroatoms. The number of carbonyl (C=O) groups excluding carboxylic acids is 2. The average molecular weight is 407 g/mol. The van der Waals surface area contributed by atoms with E-state index in [0.29, 0.717) is 33.2 Å². The predicted molar refractivity (Wildman–Crippen MR) is 101 cm³/mol. The number of amides is 2. The number of nitrogens with zero attached hydrogens (tertiary/aromatic N) is 2. The van der Waals surface area contributed by atoms with Crippen LogP contribution in [0.15, 0.2) is 28.8 Å². The first-order valence-electron chi connectivity index (χ1n) is 8.35. The number of furan rings is 1. The van der Waals surface area contributed by atoms with Crippen LogP contribution in [-0.4, -0.2) is 39.4 Å². The van der Waals surface area contributed by atoms with Crippen LogP contribution in [0.5, 0.6) is 5.75 Å². The van der Waals surface area contributed by atoms with E-state index in [4.69, 9.17) is 26.5 Å². The van der Waals surface area contributed by atoms with E-state index in [9.17, 15) is 14.7 Å². The monoisotopic (exact) mass is 406 g/mol. The molecule has 0 aliphatic heterocycles. The van der Waals surface area contributed by atoms with Crippen molar-refractivity contribution >= 4 is 34.4 Å². The third kappa shape index (κ3) is 3.80. The Morgan fingerprint density at radius 2 is 2.21 bits per heavy atom. The highest BCUT2D eigenvalue weighted by atomic mass is 35.5. The molecule has 2 amide bonds. The number of hydrogen-bond acceptors (Lipinski definition) is 6. The molecule has 3 aromatic rings. The Morgan fingerprint density at radius 1 is 1.46 bits per heavy atom. The normalized spacial score (nSPS) is 12.1. The van der Waals surface area contributed by atoms with Crippen LogP contribution in [0.25, 0.3) is 11.0 Å². The van der Waals surface area contributed by atoms with E-state index in [1.807, 2.05) is 0 Å². The lowest BCUT2D eigenvalue weighted by atomic mass is 10.1. The molecule has 0 bridgehead atoms. The molecule has 148 valence electrons. The van der Waals surface area contributed by atoms with Crippen molar-refractivity contribution in [2.45, 2.75) is 19.6 Å². The molecule has 4 N–H and O–H groups in total. The molecule has 0 radical (unpaired) electrons. The smallest absolute Gasteiger partial charge is 0.256 e. The Bertz CT molecular complexity index is 1020. The molecule has 1 atom stereocenters. The van der Waals surface area contributed by atoms with Crippen LogP contribution in [-0.2, 0) is 18.4 Å². The number of aromatic nitrogens is 2. The van der Waals surface area contributed by atoms with Crippen LogP contribution in [0, 0.1) is 6.92 Å². The van der Waals surface area contributed by atoms with E-state index in [0.717, 1.165) is 0 Å². The number of fused-ring (bicyclic) bond motifs is 1. The van der Waals surface area contributed by atoms with Gasteiger partial charge in [0.1, 0.15) is 29.7 Å². The number of nitrogens with one attached hydrogen (secondary N) is 1. The standard InChI is InChI=1S/C18H19ClN4O5/c1-9-16(18(26)22-13(7-24)17(20)25)11-5-10(3-4-15(11)28-9)27-8-14-12(19)6-21-23(14)2/h3-6,13,24H,7-8H2,1-2H3,(H2,20,25)(H,22,26)/t13-/m0/s1. The summed E-state index contributed by atoms with van der Waals surface area (Å²) >= 11 is 6.07. The topological polar surface area (TPSA) is 133 Å². The van der Waals surface area contributed by atoms with Crippen molar-refractivity contribution in [3.8, 4) is 5.75 Å². The van der Waals surface area contributed by atoms with E-state index in [1.165, 1.54) is 6.20 Å². The number of hydrogen-bond donors (Lipinski definition) is 3. The third-order valence-corrected chi connectivity index (χ3v) is 4.60. The highest BCUT2D eigenvalue weighted by molar-refractivity contribution is 6.31. The number of primary amides is 1. The van der Waals surface area contributed by atoms with Gasteiger partial charge >= 0.3 is 0 Å². The first-order chi connectivity index (χ1) is 13.3. The molecule has 0 unspecified atom stereocenters. The fraction of sp³-hybridized carbons (Fsp3) is 0.278. The summed E-state index contributed by atoms with van der Waals surface area (Å²) in [6.45, 7) is 1.21. The van der Waals surface area contributed by atoms with Gasteiger partial charge in [-0.25, -0.2) is 0 Å². The van der Waals surface area contributed by atoms with Gasteiger partial charge in [-0.3, -0.25) is 14.3 Å². The number of aliphatic hydroxyl groups excluding tert-OH is 1. The lowest BCUT2D eigenvalue weighted by molar-refractivity contribution is -0.120. The lowest BCUT2D eigenvalue weighted by Crippen LogP contribution is -2.46. The van der Waals surface area contributed by atoms with Gasteiger partial charge in [-0.2, -0.15) is 5.10 Å². The van der Waals surface area contributed by atoms with Crippen LogP contribution in [0.3, 0.4) is 0 Å². The van der Waals surface area contributed by atoms with E-state index >= 15 is 0 Å². The first-order valence-corrected chi connectivity index (χ1v) is 8.73. The molecule has 0 saturated carbocycles. The Balaban J connectivity index is 1.87. The quantitative estimate of drug-likeness (QED) is 0.541. The van der Waals surface area contributed by atoms with Crippen LogP contribution >= 0.6 is 11.6 Å². The predicted octanol–water partition coefficient (Wildman–Crippen LogP) is 1.28. The second kappa shape index (κ2) is 7.91. The summed E-state index contributed by atoms with van der Waals surface area (Å²) in [7, 11) is 1.76. The summed E-state index contributed by atoms with van der Waals surface area (Å²) < 4.78 is 13.0. The highest BCUT2D eigenvalue weighted by Crippen LogP contribution is 2.30. The number of carbonyl (C=O) groups is 2. The van der Waals surface area contributed by atoms with Gasteiger partial charge in [0.25, 0.3) is 5.91 Å². The Kier molecular flexibility index (Phi) is 5.57. The number of halogens is 1. The first kappa shape index (κ1) is 19.7.